The Morgan fingerprint density at radius 1 is 1.23 bits per heavy atom. The number of rotatable bonds is 6. The van der Waals surface area contributed by atoms with Crippen LogP contribution in [-0.2, 0) is 6.54 Å². The summed E-state index contributed by atoms with van der Waals surface area (Å²) in [6, 6.07) is 9.40. The first kappa shape index (κ1) is 19.7. The maximum absolute atomic E-state index is 13.3. The van der Waals surface area contributed by atoms with E-state index >= 15 is 0 Å². The number of carbonyl (C=O) groups is 1. The monoisotopic (exact) mass is 436 g/mol. The number of halogens is 1. The van der Waals surface area contributed by atoms with Crippen molar-refractivity contribution in [1.29, 1.82) is 0 Å². The van der Waals surface area contributed by atoms with Gasteiger partial charge in [-0.05, 0) is 57.0 Å². The van der Waals surface area contributed by atoms with Crippen molar-refractivity contribution in [1.82, 2.24) is 29.9 Å². The molecule has 0 atom stereocenters. The quantitative estimate of drug-likeness (QED) is 0.441. The van der Waals surface area contributed by atoms with Gasteiger partial charge in [0.05, 0.1) is 18.3 Å². The van der Waals surface area contributed by atoms with Gasteiger partial charge in [0.25, 0.3) is 5.91 Å². The maximum atomic E-state index is 13.3. The predicted octanol–water partition coefficient (Wildman–Crippen LogP) is 4.52. The molecule has 0 aliphatic heterocycles. The number of carbonyl (C=O) groups excluding carboxylic acids is 1. The highest BCUT2D eigenvalue weighted by Gasteiger charge is 2.34. The summed E-state index contributed by atoms with van der Waals surface area (Å²) >= 11 is 5.94. The fourth-order valence-electron chi connectivity index (χ4n) is 3.53. The normalized spacial score (nSPS) is 13.8. The Morgan fingerprint density at radius 3 is 2.71 bits per heavy atom. The van der Waals surface area contributed by atoms with Crippen LogP contribution < -0.4 is 0 Å². The van der Waals surface area contributed by atoms with Crippen LogP contribution in [0.5, 0.6) is 0 Å². The van der Waals surface area contributed by atoms with Gasteiger partial charge in [0.15, 0.2) is 5.65 Å². The van der Waals surface area contributed by atoms with Crippen LogP contribution >= 0.6 is 11.6 Å². The largest absolute Gasteiger partial charge is 0.419 e. The first-order valence-electron chi connectivity index (χ1n) is 10.2. The summed E-state index contributed by atoms with van der Waals surface area (Å²) in [7, 11) is 0. The van der Waals surface area contributed by atoms with Gasteiger partial charge in [0.1, 0.15) is 0 Å². The Kier molecular flexibility index (Phi) is 4.94. The van der Waals surface area contributed by atoms with Crippen molar-refractivity contribution in [2.24, 2.45) is 0 Å². The number of benzene rings is 1. The third-order valence-electron chi connectivity index (χ3n) is 5.28. The lowest BCUT2D eigenvalue weighted by Gasteiger charge is -2.20. The molecule has 5 rings (SSSR count). The van der Waals surface area contributed by atoms with Crippen molar-refractivity contribution in [3.8, 4) is 11.5 Å². The molecule has 3 aromatic heterocycles. The van der Waals surface area contributed by atoms with Gasteiger partial charge in [0, 0.05) is 34.3 Å². The molecule has 1 aliphatic rings. The second kappa shape index (κ2) is 7.77. The molecular formula is C22H21ClN6O2. The van der Waals surface area contributed by atoms with Gasteiger partial charge in [0.2, 0.25) is 11.8 Å². The van der Waals surface area contributed by atoms with Crippen molar-refractivity contribution in [3.63, 3.8) is 0 Å². The van der Waals surface area contributed by atoms with E-state index in [-0.39, 0.29) is 24.5 Å². The minimum Gasteiger partial charge on any atom is -0.419 e. The lowest BCUT2D eigenvalue weighted by molar-refractivity contribution is 0.0714. The molecule has 31 heavy (non-hydrogen) atoms. The van der Waals surface area contributed by atoms with Gasteiger partial charge in [-0.3, -0.25) is 4.79 Å². The van der Waals surface area contributed by atoms with E-state index in [1.54, 1.807) is 29.4 Å². The molecule has 1 saturated carbocycles. The van der Waals surface area contributed by atoms with Gasteiger partial charge < -0.3 is 9.32 Å². The van der Waals surface area contributed by atoms with E-state index in [2.05, 4.69) is 20.3 Å². The molecule has 9 heteroatoms. The molecule has 1 amide bonds. The highest BCUT2D eigenvalue weighted by molar-refractivity contribution is 6.30. The van der Waals surface area contributed by atoms with E-state index in [0.717, 1.165) is 29.4 Å². The van der Waals surface area contributed by atoms with Crippen molar-refractivity contribution in [2.45, 2.75) is 45.3 Å². The number of pyridine rings is 1. The molecule has 0 spiro atoms. The smallest absolute Gasteiger partial charge is 0.256 e. The van der Waals surface area contributed by atoms with Crippen LogP contribution in [0, 0.1) is 0 Å². The fraction of sp³-hybridized carbons (Fsp3) is 0.318. The van der Waals surface area contributed by atoms with E-state index in [0.29, 0.717) is 22.4 Å². The topological polar surface area (TPSA) is 89.9 Å². The van der Waals surface area contributed by atoms with Crippen molar-refractivity contribution >= 4 is 28.5 Å². The second-order valence-corrected chi connectivity index (χ2v) is 8.43. The van der Waals surface area contributed by atoms with E-state index in [1.807, 2.05) is 36.7 Å². The van der Waals surface area contributed by atoms with Gasteiger partial charge in [-0.1, -0.05) is 11.6 Å². The summed E-state index contributed by atoms with van der Waals surface area (Å²) < 4.78 is 7.66. The van der Waals surface area contributed by atoms with Crippen LogP contribution in [-0.4, -0.2) is 41.8 Å². The van der Waals surface area contributed by atoms with Crippen LogP contribution in [0.25, 0.3) is 22.5 Å². The van der Waals surface area contributed by atoms with Crippen LogP contribution in [0.15, 0.2) is 47.1 Å². The van der Waals surface area contributed by atoms with Gasteiger partial charge in [-0.2, -0.15) is 5.10 Å². The SMILES string of the molecule is CC(C)n1ncc2cc(C(=O)N(Cc3nnc(-c4ccc(Cl)cc4)o3)C3CC3)cnc21. The first-order chi connectivity index (χ1) is 15.0. The second-order valence-electron chi connectivity index (χ2n) is 7.99. The highest BCUT2D eigenvalue weighted by atomic mass is 35.5. The standard InChI is InChI=1S/C22H21ClN6O2/c1-13(2)29-20-15(11-25-29)9-16(10-24-20)22(30)28(18-7-8-18)12-19-26-27-21(31-19)14-3-5-17(23)6-4-14/h3-6,9-11,13,18H,7-8,12H2,1-2H3. The Morgan fingerprint density at radius 2 is 2.00 bits per heavy atom. The van der Waals surface area contributed by atoms with Crippen LogP contribution in [0.4, 0.5) is 0 Å². The molecule has 0 saturated heterocycles. The number of hydrogen-bond acceptors (Lipinski definition) is 6. The van der Waals surface area contributed by atoms with E-state index in [1.165, 1.54) is 0 Å². The lowest BCUT2D eigenvalue weighted by Crippen LogP contribution is -2.32. The molecule has 0 radical (unpaired) electrons. The maximum Gasteiger partial charge on any atom is 0.256 e. The van der Waals surface area contributed by atoms with Crippen LogP contribution in [0.1, 0.15) is 49.0 Å². The Balaban J connectivity index is 1.38. The third kappa shape index (κ3) is 3.90. The predicted molar refractivity (Wildman–Crippen MR) is 116 cm³/mol. The summed E-state index contributed by atoms with van der Waals surface area (Å²) in [4.78, 5) is 19.6. The van der Waals surface area contributed by atoms with E-state index in [9.17, 15) is 4.79 Å². The Labute approximate surface area is 183 Å². The molecule has 4 aromatic rings. The molecule has 158 valence electrons. The summed E-state index contributed by atoms with van der Waals surface area (Å²) in [6.07, 6.45) is 5.29. The zero-order valence-electron chi connectivity index (χ0n) is 17.2. The zero-order valence-corrected chi connectivity index (χ0v) is 18.0. The van der Waals surface area contributed by atoms with E-state index < -0.39 is 0 Å². The molecule has 8 nitrogen and oxygen atoms in total. The zero-order chi connectivity index (χ0) is 21.5. The molecule has 1 fully saturated rings. The number of amides is 1. The first-order valence-corrected chi connectivity index (χ1v) is 10.6. The van der Waals surface area contributed by atoms with Crippen LogP contribution in [0.2, 0.25) is 5.02 Å². The van der Waals surface area contributed by atoms with Crippen molar-refractivity contribution < 1.29 is 9.21 Å². The fourth-order valence-corrected chi connectivity index (χ4v) is 3.65. The minimum absolute atomic E-state index is 0.0968. The van der Waals surface area contributed by atoms with Crippen molar-refractivity contribution in [2.75, 3.05) is 0 Å². The minimum atomic E-state index is -0.0968. The Hall–Kier alpha value is -3.26. The number of aromatic nitrogens is 5. The molecule has 1 aromatic carbocycles. The van der Waals surface area contributed by atoms with Gasteiger partial charge in [-0.25, -0.2) is 9.67 Å². The average molecular weight is 437 g/mol. The summed E-state index contributed by atoms with van der Waals surface area (Å²) in [6.45, 7) is 4.35. The molecule has 0 unspecified atom stereocenters. The summed E-state index contributed by atoms with van der Waals surface area (Å²) in [5, 5.41) is 14.1. The Bertz CT molecular complexity index is 1240. The average Bonchev–Trinajstić information content (AvgIpc) is 3.34. The molecule has 0 N–H and O–H groups in total. The number of hydrogen-bond donors (Lipinski definition) is 0. The number of fused-ring (bicyclic) bond motifs is 1. The summed E-state index contributed by atoms with van der Waals surface area (Å²) in [5.41, 5.74) is 2.08. The van der Waals surface area contributed by atoms with E-state index in [4.69, 9.17) is 16.0 Å². The molecule has 1 aliphatic carbocycles. The third-order valence-corrected chi connectivity index (χ3v) is 5.53. The van der Waals surface area contributed by atoms with Gasteiger partial charge in [-0.15, -0.1) is 10.2 Å². The summed E-state index contributed by atoms with van der Waals surface area (Å²) in [5.74, 6) is 0.700. The van der Waals surface area contributed by atoms with Crippen molar-refractivity contribution in [3.05, 3.63) is 59.2 Å². The molecule has 0 bridgehead atoms. The molecule has 3 heterocycles. The van der Waals surface area contributed by atoms with Gasteiger partial charge >= 0.3 is 0 Å². The lowest BCUT2D eigenvalue weighted by atomic mass is 10.2. The number of nitrogens with zero attached hydrogens (tertiary/aromatic N) is 6. The van der Waals surface area contributed by atoms with Crippen LogP contribution in [0.3, 0.4) is 0 Å². The molecular weight excluding hydrogens is 416 g/mol. The highest BCUT2D eigenvalue weighted by Crippen LogP contribution is 2.31.